The van der Waals surface area contributed by atoms with E-state index in [1.807, 2.05) is 0 Å². The van der Waals surface area contributed by atoms with Gasteiger partial charge in [-0.25, -0.2) is 13.6 Å². The van der Waals surface area contributed by atoms with Crippen molar-refractivity contribution >= 4 is 28.4 Å². The molecule has 3 rings (SSSR count). The first-order valence-corrected chi connectivity index (χ1v) is 8.12. The number of Topliss-reactive ketones (excluding diaryl/α,β-unsaturated/α-hetero) is 2. The SMILES string of the molecule is O=C(O)C(=O)CC(=O)c1cn(Cc2ccc(F)cc2)c2ccc(F)cc2c1=O. The molecule has 8 heteroatoms. The predicted molar refractivity (Wildman–Crippen MR) is 95.3 cm³/mol. The van der Waals surface area contributed by atoms with Crippen LogP contribution in [0.1, 0.15) is 22.3 Å². The summed E-state index contributed by atoms with van der Waals surface area (Å²) >= 11 is 0. The standard InChI is InChI=1S/C20H13F2NO5/c21-12-3-1-11(2-4-12)9-23-10-15(17(24)8-18(25)20(27)28)19(26)14-7-13(22)5-6-16(14)23/h1-7,10H,8-9H2,(H,27,28). The molecule has 0 bridgehead atoms. The molecule has 0 saturated heterocycles. The van der Waals surface area contributed by atoms with Gasteiger partial charge < -0.3 is 9.67 Å². The number of pyridine rings is 1. The van der Waals surface area contributed by atoms with Gasteiger partial charge in [0.25, 0.3) is 0 Å². The summed E-state index contributed by atoms with van der Waals surface area (Å²) in [4.78, 5) is 46.9. The molecule has 1 aromatic heterocycles. The Balaban J connectivity index is 2.14. The maximum absolute atomic E-state index is 13.7. The summed E-state index contributed by atoms with van der Waals surface area (Å²) in [5.41, 5.74) is -0.240. The van der Waals surface area contributed by atoms with Crippen LogP contribution in [0.3, 0.4) is 0 Å². The molecule has 2 aromatic carbocycles. The third-order valence-corrected chi connectivity index (χ3v) is 4.17. The molecular formula is C20H13F2NO5. The summed E-state index contributed by atoms with van der Waals surface area (Å²) < 4.78 is 28.3. The Morgan fingerprint density at radius 3 is 2.25 bits per heavy atom. The number of fused-ring (bicyclic) bond motifs is 1. The normalized spacial score (nSPS) is 10.8. The Hall–Kier alpha value is -3.68. The number of nitrogens with zero attached hydrogens (tertiary/aromatic N) is 1. The molecule has 0 saturated carbocycles. The second-order valence-electron chi connectivity index (χ2n) is 6.12. The lowest BCUT2D eigenvalue weighted by molar-refractivity contribution is -0.148. The van der Waals surface area contributed by atoms with Crippen molar-refractivity contribution in [3.8, 4) is 0 Å². The van der Waals surface area contributed by atoms with Gasteiger partial charge in [0.1, 0.15) is 11.6 Å². The fraction of sp³-hybridized carbons (Fsp3) is 0.100. The molecule has 6 nitrogen and oxygen atoms in total. The van der Waals surface area contributed by atoms with Gasteiger partial charge in [0, 0.05) is 18.1 Å². The monoisotopic (exact) mass is 385 g/mol. The minimum absolute atomic E-state index is 0.0873. The third-order valence-electron chi connectivity index (χ3n) is 4.17. The molecule has 28 heavy (non-hydrogen) atoms. The number of halogens is 2. The van der Waals surface area contributed by atoms with Crippen molar-refractivity contribution in [2.45, 2.75) is 13.0 Å². The Morgan fingerprint density at radius 1 is 0.964 bits per heavy atom. The molecule has 0 aliphatic heterocycles. The van der Waals surface area contributed by atoms with Gasteiger partial charge in [0.2, 0.25) is 5.78 Å². The van der Waals surface area contributed by atoms with Crippen LogP contribution in [0.5, 0.6) is 0 Å². The van der Waals surface area contributed by atoms with Crippen molar-refractivity contribution in [1.82, 2.24) is 4.57 Å². The van der Waals surface area contributed by atoms with Crippen molar-refractivity contribution in [1.29, 1.82) is 0 Å². The Bertz CT molecular complexity index is 1170. The average molecular weight is 385 g/mol. The third kappa shape index (κ3) is 3.85. The summed E-state index contributed by atoms with van der Waals surface area (Å²) in [6.45, 7) is 0.135. The first kappa shape index (κ1) is 19.1. The highest BCUT2D eigenvalue weighted by atomic mass is 19.1. The number of rotatable bonds is 6. The predicted octanol–water partition coefficient (Wildman–Crippen LogP) is 2.55. The topological polar surface area (TPSA) is 93.4 Å². The number of aliphatic carboxylic acids is 1. The van der Waals surface area contributed by atoms with Crippen LogP contribution in [0, 0.1) is 11.6 Å². The van der Waals surface area contributed by atoms with Crippen LogP contribution in [-0.2, 0) is 16.1 Å². The van der Waals surface area contributed by atoms with Crippen LogP contribution in [-0.4, -0.2) is 27.2 Å². The number of carbonyl (C=O) groups is 3. The summed E-state index contributed by atoms with van der Waals surface area (Å²) in [7, 11) is 0. The molecule has 0 unspecified atom stereocenters. The van der Waals surface area contributed by atoms with Gasteiger partial charge in [0.15, 0.2) is 11.2 Å². The van der Waals surface area contributed by atoms with E-state index in [4.69, 9.17) is 5.11 Å². The van der Waals surface area contributed by atoms with Crippen molar-refractivity contribution in [3.05, 3.63) is 81.6 Å². The molecular weight excluding hydrogens is 372 g/mol. The first-order valence-electron chi connectivity index (χ1n) is 8.12. The van der Waals surface area contributed by atoms with Crippen LogP contribution >= 0.6 is 0 Å². The van der Waals surface area contributed by atoms with Crippen LogP contribution in [0.15, 0.2) is 53.5 Å². The molecule has 1 N–H and O–H groups in total. The summed E-state index contributed by atoms with van der Waals surface area (Å²) in [5.74, 6) is -5.24. The molecule has 3 aromatic rings. The van der Waals surface area contributed by atoms with Gasteiger partial charge in [-0.1, -0.05) is 12.1 Å². The van der Waals surface area contributed by atoms with Gasteiger partial charge in [-0.3, -0.25) is 14.4 Å². The van der Waals surface area contributed by atoms with Crippen molar-refractivity contribution < 1.29 is 28.3 Å². The molecule has 0 aliphatic rings. The number of aromatic nitrogens is 1. The largest absolute Gasteiger partial charge is 0.475 e. The van der Waals surface area contributed by atoms with Crippen molar-refractivity contribution in [2.24, 2.45) is 0 Å². The van der Waals surface area contributed by atoms with Crippen molar-refractivity contribution in [2.75, 3.05) is 0 Å². The lowest BCUT2D eigenvalue weighted by Gasteiger charge is -2.13. The maximum atomic E-state index is 13.7. The lowest BCUT2D eigenvalue weighted by Crippen LogP contribution is -2.24. The first-order chi connectivity index (χ1) is 13.3. The zero-order valence-electron chi connectivity index (χ0n) is 14.3. The molecule has 0 amide bonds. The van der Waals surface area contributed by atoms with E-state index in [1.165, 1.54) is 41.1 Å². The quantitative estimate of drug-likeness (QED) is 0.400. The number of hydrogen-bond donors (Lipinski definition) is 1. The van der Waals surface area contributed by atoms with Crippen molar-refractivity contribution in [3.63, 3.8) is 0 Å². The summed E-state index contributed by atoms with van der Waals surface area (Å²) in [5, 5.41) is 8.57. The average Bonchev–Trinajstić information content (AvgIpc) is 2.65. The minimum atomic E-state index is -1.79. The number of ketones is 2. The summed E-state index contributed by atoms with van der Waals surface area (Å²) in [6, 6.07) is 9.00. The van der Waals surface area contributed by atoms with Gasteiger partial charge in [-0.2, -0.15) is 0 Å². The lowest BCUT2D eigenvalue weighted by atomic mass is 10.0. The number of carboxylic acids is 1. The van der Waals surface area contributed by atoms with Gasteiger partial charge in [-0.15, -0.1) is 0 Å². The molecule has 0 radical (unpaired) electrons. The number of hydrogen-bond acceptors (Lipinski definition) is 4. The van der Waals surface area contributed by atoms with Crippen LogP contribution in [0.4, 0.5) is 8.78 Å². The van der Waals surface area contributed by atoms with E-state index in [-0.39, 0.29) is 11.9 Å². The van der Waals surface area contributed by atoms with Crippen LogP contribution in [0.2, 0.25) is 0 Å². The Kier molecular flexibility index (Phi) is 5.12. The smallest absolute Gasteiger partial charge is 0.372 e. The van der Waals surface area contributed by atoms with Gasteiger partial charge in [0.05, 0.1) is 17.5 Å². The number of carboxylic acid groups (broad SMARTS) is 1. The van der Waals surface area contributed by atoms with Crippen LogP contribution in [0.25, 0.3) is 10.9 Å². The van der Waals surface area contributed by atoms with E-state index in [0.29, 0.717) is 11.1 Å². The van der Waals surface area contributed by atoms with Crippen LogP contribution < -0.4 is 5.43 Å². The maximum Gasteiger partial charge on any atom is 0.372 e. The molecule has 0 fully saturated rings. The van der Waals surface area contributed by atoms with E-state index < -0.39 is 46.6 Å². The fourth-order valence-electron chi connectivity index (χ4n) is 2.80. The van der Waals surface area contributed by atoms with E-state index in [2.05, 4.69) is 0 Å². The highest BCUT2D eigenvalue weighted by Gasteiger charge is 2.22. The minimum Gasteiger partial charge on any atom is -0.475 e. The highest BCUT2D eigenvalue weighted by molar-refractivity contribution is 6.37. The zero-order valence-corrected chi connectivity index (χ0v) is 14.3. The molecule has 1 heterocycles. The second kappa shape index (κ2) is 7.51. The number of benzene rings is 2. The summed E-state index contributed by atoms with van der Waals surface area (Å²) in [6.07, 6.45) is 0.214. The zero-order chi connectivity index (χ0) is 20.4. The molecule has 142 valence electrons. The Morgan fingerprint density at radius 2 is 1.61 bits per heavy atom. The number of carbonyl (C=O) groups excluding carboxylic acids is 2. The van der Waals surface area contributed by atoms with E-state index in [9.17, 15) is 28.0 Å². The Labute approximate surface area is 156 Å². The molecule has 0 atom stereocenters. The van der Waals surface area contributed by atoms with E-state index in [1.54, 1.807) is 0 Å². The van der Waals surface area contributed by atoms with E-state index in [0.717, 1.165) is 12.1 Å². The van der Waals surface area contributed by atoms with Gasteiger partial charge >= 0.3 is 5.97 Å². The highest BCUT2D eigenvalue weighted by Crippen LogP contribution is 2.17. The second-order valence-corrected chi connectivity index (χ2v) is 6.12. The van der Waals surface area contributed by atoms with E-state index >= 15 is 0 Å². The molecule has 0 spiro atoms. The van der Waals surface area contributed by atoms with Gasteiger partial charge in [-0.05, 0) is 35.9 Å². The molecule has 0 aliphatic carbocycles. The fourth-order valence-corrected chi connectivity index (χ4v) is 2.80.